The number of aryl methyl sites for hydroxylation is 3. The van der Waals surface area contributed by atoms with Crippen molar-refractivity contribution in [3.05, 3.63) is 60.0 Å². The smallest absolute Gasteiger partial charge is 0.270 e. The molecule has 0 aliphatic heterocycles. The van der Waals surface area contributed by atoms with Crippen LogP contribution in [-0.2, 0) is 4.79 Å². The van der Waals surface area contributed by atoms with E-state index in [1.54, 1.807) is 13.8 Å². The molecule has 2 rings (SSSR count). The zero-order valence-electron chi connectivity index (χ0n) is 13.9. The minimum Gasteiger partial charge on any atom is -0.482 e. The molecule has 0 heterocycles. The van der Waals surface area contributed by atoms with E-state index >= 15 is 0 Å². The van der Waals surface area contributed by atoms with E-state index in [-0.39, 0.29) is 18.2 Å². The number of amides is 1. The summed E-state index contributed by atoms with van der Waals surface area (Å²) in [5.74, 6) is 0.254. The molecule has 0 unspecified atom stereocenters. The Labute approximate surface area is 162 Å². The zero-order valence-corrected chi connectivity index (χ0v) is 17.0. The Hall–Kier alpha value is -1.93. The molecule has 8 heteroatoms. The van der Waals surface area contributed by atoms with Gasteiger partial charge in [0.15, 0.2) is 6.61 Å². The summed E-state index contributed by atoms with van der Waals surface area (Å²) in [6, 6.07) is 6.59. The molecule has 0 bridgehead atoms. The highest BCUT2D eigenvalue weighted by molar-refractivity contribution is 9.11. The number of hydrogen-bond acceptors (Lipinski definition) is 4. The van der Waals surface area contributed by atoms with Crippen LogP contribution in [0, 0.1) is 30.9 Å². The number of nitrogens with zero attached hydrogens (tertiary/aromatic N) is 1. The Morgan fingerprint density at radius 3 is 2.24 bits per heavy atom. The van der Waals surface area contributed by atoms with Gasteiger partial charge in [-0.3, -0.25) is 14.9 Å². The van der Waals surface area contributed by atoms with Crippen molar-refractivity contribution in [2.75, 3.05) is 11.9 Å². The van der Waals surface area contributed by atoms with Crippen molar-refractivity contribution in [3.63, 3.8) is 0 Å². The highest BCUT2D eigenvalue weighted by Gasteiger charge is 2.15. The van der Waals surface area contributed by atoms with Crippen molar-refractivity contribution in [1.29, 1.82) is 0 Å². The number of nitro groups is 1. The van der Waals surface area contributed by atoms with Gasteiger partial charge in [0, 0.05) is 22.3 Å². The number of nitro benzene ring substituents is 1. The summed E-state index contributed by atoms with van der Waals surface area (Å²) >= 11 is 6.80. The Balaban J connectivity index is 2.10. The molecule has 6 nitrogen and oxygen atoms in total. The highest BCUT2D eigenvalue weighted by Crippen LogP contribution is 2.32. The number of non-ortho nitro benzene ring substituents is 1. The maximum atomic E-state index is 12.2. The first-order valence-corrected chi connectivity index (χ1v) is 8.91. The standard InChI is InChI=1S/C17H16Br2N2O4/c1-9-5-13(21(23)24)6-10(2)16(9)20-15(22)8-25-17-11(3)4-12(18)7-14(17)19/h4-7H,8H2,1-3H3,(H,20,22). The molecule has 132 valence electrons. The maximum absolute atomic E-state index is 12.2. The van der Waals surface area contributed by atoms with Crippen LogP contribution in [0.5, 0.6) is 5.75 Å². The summed E-state index contributed by atoms with van der Waals surface area (Å²) in [4.78, 5) is 22.6. The Kier molecular flexibility index (Phi) is 6.18. The third-order valence-electron chi connectivity index (χ3n) is 3.53. The van der Waals surface area contributed by atoms with Gasteiger partial charge in [0.05, 0.1) is 9.40 Å². The third-order valence-corrected chi connectivity index (χ3v) is 4.58. The Morgan fingerprint density at radius 2 is 1.72 bits per heavy atom. The van der Waals surface area contributed by atoms with Crippen molar-refractivity contribution in [2.45, 2.75) is 20.8 Å². The van der Waals surface area contributed by atoms with Crippen LogP contribution in [-0.4, -0.2) is 17.4 Å². The summed E-state index contributed by atoms with van der Waals surface area (Å²) in [6.45, 7) is 5.14. The average Bonchev–Trinajstić information content (AvgIpc) is 2.49. The van der Waals surface area contributed by atoms with Crippen LogP contribution < -0.4 is 10.1 Å². The van der Waals surface area contributed by atoms with Crippen LogP contribution in [0.4, 0.5) is 11.4 Å². The van der Waals surface area contributed by atoms with Crippen molar-refractivity contribution in [1.82, 2.24) is 0 Å². The number of carbonyl (C=O) groups excluding carboxylic acids is 1. The van der Waals surface area contributed by atoms with Crippen molar-refractivity contribution < 1.29 is 14.5 Å². The van der Waals surface area contributed by atoms with Gasteiger partial charge in [-0.25, -0.2) is 0 Å². The molecule has 0 spiro atoms. The van der Waals surface area contributed by atoms with Gasteiger partial charge in [-0.05, 0) is 65.5 Å². The molecule has 0 saturated heterocycles. The summed E-state index contributed by atoms with van der Waals surface area (Å²) in [5.41, 5.74) is 2.70. The lowest BCUT2D eigenvalue weighted by Gasteiger charge is -2.14. The second-order valence-electron chi connectivity index (χ2n) is 5.58. The quantitative estimate of drug-likeness (QED) is 0.487. The predicted octanol–water partition coefficient (Wildman–Crippen LogP) is 5.06. The van der Waals surface area contributed by atoms with Gasteiger partial charge in [-0.2, -0.15) is 0 Å². The first-order valence-electron chi connectivity index (χ1n) is 7.33. The summed E-state index contributed by atoms with van der Waals surface area (Å²) in [6.07, 6.45) is 0. The Morgan fingerprint density at radius 1 is 1.12 bits per heavy atom. The molecule has 0 atom stereocenters. The largest absolute Gasteiger partial charge is 0.482 e. The van der Waals surface area contributed by atoms with E-state index in [0.29, 0.717) is 22.6 Å². The molecule has 2 aromatic carbocycles. The van der Waals surface area contributed by atoms with Crippen LogP contribution >= 0.6 is 31.9 Å². The second-order valence-corrected chi connectivity index (χ2v) is 7.35. The van der Waals surface area contributed by atoms with Crippen molar-refractivity contribution in [3.8, 4) is 5.75 Å². The first-order chi connectivity index (χ1) is 11.7. The fraction of sp³-hybridized carbons (Fsp3) is 0.235. The molecule has 2 aromatic rings. The lowest BCUT2D eigenvalue weighted by Crippen LogP contribution is -2.21. The van der Waals surface area contributed by atoms with Gasteiger partial charge in [0.2, 0.25) is 0 Å². The van der Waals surface area contributed by atoms with E-state index in [9.17, 15) is 14.9 Å². The number of halogens is 2. The number of ether oxygens (including phenoxy) is 1. The van der Waals surface area contributed by atoms with E-state index < -0.39 is 4.92 Å². The number of hydrogen-bond donors (Lipinski definition) is 1. The van der Waals surface area contributed by atoms with Gasteiger partial charge in [-0.1, -0.05) is 15.9 Å². The second kappa shape index (κ2) is 7.97. The normalized spacial score (nSPS) is 10.4. The lowest BCUT2D eigenvalue weighted by molar-refractivity contribution is -0.384. The number of benzene rings is 2. The number of anilines is 1. The van der Waals surface area contributed by atoms with Gasteiger partial charge < -0.3 is 10.1 Å². The van der Waals surface area contributed by atoms with E-state index in [1.165, 1.54) is 12.1 Å². The summed E-state index contributed by atoms with van der Waals surface area (Å²) < 4.78 is 7.26. The van der Waals surface area contributed by atoms with E-state index in [0.717, 1.165) is 14.5 Å². The highest BCUT2D eigenvalue weighted by atomic mass is 79.9. The number of nitrogens with one attached hydrogen (secondary N) is 1. The zero-order chi connectivity index (χ0) is 18.7. The molecule has 0 aromatic heterocycles. The van der Waals surface area contributed by atoms with Crippen LogP contribution in [0.3, 0.4) is 0 Å². The number of carbonyl (C=O) groups is 1. The van der Waals surface area contributed by atoms with Crippen LogP contribution in [0.2, 0.25) is 0 Å². The van der Waals surface area contributed by atoms with Crippen LogP contribution in [0.25, 0.3) is 0 Å². The monoisotopic (exact) mass is 470 g/mol. The van der Waals surface area contributed by atoms with Crippen molar-refractivity contribution >= 4 is 49.1 Å². The predicted molar refractivity (Wildman–Crippen MR) is 103 cm³/mol. The van der Waals surface area contributed by atoms with Gasteiger partial charge in [0.25, 0.3) is 11.6 Å². The molecule has 1 N–H and O–H groups in total. The topological polar surface area (TPSA) is 81.5 Å². The van der Waals surface area contributed by atoms with Gasteiger partial charge >= 0.3 is 0 Å². The van der Waals surface area contributed by atoms with E-state index in [2.05, 4.69) is 37.2 Å². The van der Waals surface area contributed by atoms with E-state index in [4.69, 9.17) is 4.74 Å². The van der Waals surface area contributed by atoms with E-state index in [1.807, 2.05) is 19.1 Å². The molecule has 1 amide bonds. The summed E-state index contributed by atoms with van der Waals surface area (Å²) in [7, 11) is 0. The minimum atomic E-state index is -0.456. The molecule has 0 aliphatic carbocycles. The SMILES string of the molecule is Cc1cc([N+](=O)[O-])cc(C)c1NC(=O)COc1c(C)cc(Br)cc1Br. The molecule has 0 radical (unpaired) electrons. The minimum absolute atomic E-state index is 0.00123. The fourth-order valence-corrected chi connectivity index (χ4v) is 3.98. The molecule has 25 heavy (non-hydrogen) atoms. The molecular formula is C17H16Br2N2O4. The molecule has 0 saturated carbocycles. The number of rotatable bonds is 5. The van der Waals surface area contributed by atoms with Gasteiger partial charge in [0.1, 0.15) is 5.75 Å². The average molecular weight is 472 g/mol. The van der Waals surface area contributed by atoms with Crippen LogP contribution in [0.1, 0.15) is 16.7 Å². The molecular weight excluding hydrogens is 456 g/mol. The third kappa shape index (κ3) is 4.79. The molecule has 0 aliphatic rings. The lowest BCUT2D eigenvalue weighted by atomic mass is 10.1. The Bertz CT molecular complexity index is 807. The molecule has 0 fully saturated rings. The van der Waals surface area contributed by atoms with Crippen molar-refractivity contribution in [2.24, 2.45) is 0 Å². The fourth-order valence-electron chi connectivity index (χ4n) is 2.43. The van der Waals surface area contributed by atoms with Crippen LogP contribution in [0.15, 0.2) is 33.2 Å². The first kappa shape index (κ1) is 19.4. The van der Waals surface area contributed by atoms with Gasteiger partial charge in [-0.15, -0.1) is 0 Å². The maximum Gasteiger partial charge on any atom is 0.270 e. The summed E-state index contributed by atoms with van der Waals surface area (Å²) in [5, 5.41) is 13.6.